The third kappa shape index (κ3) is 6.94. The molecule has 0 fully saturated rings. The summed E-state index contributed by atoms with van der Waals surface area (Å²) in [6.07, 6.45) is 6.48. The molecule has 262 valence electrons. The number of hydrogen-bond acceptors (Lipinski definition) is 5. The van der Waals surface area contributed by atoms with Crippen molar-refractivity contribution in [2.45, 2.75) is 19.3 Å². The fourth-order valence-electron chi connectivity index (χ4n) is 7.34. The highest BCUT2D eigenvalue weighted by Crippen LogP contribution is 2.56. The van der Waals surface area contributed by atoms with Crippen LogP contribution in [0.3, 0.4) is 0 Å². The van der Waals surface area contributed by atoms with Crippen LogP contribution >= 0.6 is 0 Å². The third-order valence-electron chi connectivity index (χ3n) is 9.82. The number of hydrogen-bond donors (Lipinski definition) is 0. The highest BCUT2D eigenvalue weighted by Gasteiger charge is 2.45. The van der Waals surface area contributed by atoms with Gasteiger partial charge in [0.2, 0.25) is 0 Å². The van der Waals surface area contributed by atoms with Crippen molar-refractivity contribution in [1.82, 2.24) is 0 Å². The second kappa shape index (κ2) is 15.4. The summed E-state index contributed by atoms with van der Waals surface area (Å²) in [6, 6.07) is 51.6. The molecule has 53 heavy (non-hydrogen) atoms. The maximum atomic E-state index is 11.9. The topological polar surface area (TPSA) is 55.8 Å². The predicted molar refractivity (Wildman–Crippen MR) is 215 cm³/mol. The lowest BCUT2D eigenvalue weighted by Gasteiger charge is -2.46. The van der Waals surface area contributed by atoms with Crippen LogP contribution < -0.4 is 4.90 Å². The molecule has 5 nitrogen and oxygen atoms in total. The Labute approximate surface area is 311 Å². The lowest BCUT2D eigenvalue weighted by molar-refractivity contribution is -0.138. The summed E-state index contributed by atoms with van der Waals surface area (Å²) in [5.41, 5.74) is 12.5. The highest BCUT2D eigenvalue weighted by molar-refractivity contribution is 5.89. The SMILES string of the molecule is CCOC(=O)/C=C/c1ccc(-c2ccc3c(c2)C(c2ccccc2)(c2ccccc2)c2cc(-c4ccc(/C=C/C(=O)OCC)cc4)ccc2N3C)cc1. The van der Waals surface area contributed by atoms with Crippen molar-refractivity contribution in [3.8, 4) is 22.3 Å². The van der Waals surface area contributed by atoms with Crippen molar-refractivity contribution in [2.24, 2.45) is 0 Å². The first kappa shape index (κ1) is 35.0. The summed E-state index contributed by atoms with van der Waals surface area (Å²) in [5, 5.41) is 0. The molecule has 0 N–H and O–H groups in total. The van der Waals surface area contributed by atoms with Crippen LogP contribution in [0.15, 0.2) is 158 Å². The monoisotopic (exact) mass is 695 g/mol. The maximum absolute atomic E-state index is 11.9. The standard InChI is InChI=1S/C48H41NO4/c1-4-52-46(50)30-20-34-16-22-36(23-17-34)38-26-28-44-42(32-38)48(40-12-8-6-9-13-40,41-14-10-7-11-15-41)43-33-39(27-29-45(43)49(44)3)37-24-18-35(19-25-37)21-31-47(51)53-5-2/h6-33H,4-5H2,1-3H3/b30-20+,31-21+. The van der Waals surface area contributed by atoms with Crippen LogP contribution in [-0.2, 0) is 24.5 Å². The summed E-state index contributed by atoms with van der Waals surface area (Å²) in [6.45, 7) is 4.29. The van der Waals surface area contributed by atoms with Gasteiger partial charge in [0.1, 0.15) is 0 Å². The van der Waals surface area contributed by atoms with Crippen molar-refractivity contribution < 1.29 is 19.1 Å². The van der Waals surface area contributed by atoms with Crippen LogP contribution in [0.2, 0.25) is 0 Å². The quantitative estimate of drug-likeness (QED) is 0.105. The number of carbonyl (C=O) groups excluding carboxylic acids is 2. The Kier molecular flexibility index (Phi) is 10.2. The summed E-state index contributed by atoms with van der Waals surface area (Å²) in [7, 11) is 2.15. The van der Waals surface area contributed by atoms with Gasteiger partial charge in [0.25, 0.3) is 0 Å². The van der Waals surface area contributed by atoms with Crippen LogP contribution in [0.5, 0.6) is 0 Å². The summed E-state index contributed by atoms with van der Waals surface area (Å²) in [4.78, 5) is 26.1. The van der Waals surface area contributed by atoms with Gasteiger partial charge < -0.3 is 14.4 Å². The number of esters is 2. The Morgan fingerprint density at radius 1 is 0.528 bits per heavy atom. The second-order valence-electron chi connectivity index (χ2n) is 12.9. The lowest BCUT2D eigenvalue weighted by atomic mass is 9.62. The van der Waals surface area contributed by atoms with Crippen LogP contribution in [0.25, 0.3) is 34.4 Å². The Morgan fingerprint density at radius 2 is 0.906 bits per heavy atom. The van der Waals surface area contributed by atoms with Gasteiger partial charge in [-0.25, -0.2) is 9.59 Å². The first-order valence-electron chi connectivity index (χ1n) is 18.0. The Hall–Kier alpha value is -6.46. The van der Waals surface area contributed by atoms with Crippen LogP contribution in [0, 0.1) is 0 Å². The highest BCUT2D eigenvalue weighted by atomic mass is 16.5. The molecule has 0 radical (unpaired) electrons. The van der Waals surface area contributed by atoms with E-state index < -0.39 is 5.41 Å². The first-order chi connectivity index (χ1) is 25.9. The fourth-order valence-corrected chi connectivity index (χ4v) is 7.34. The van der Waals surface area contributed by atoms with E-state index in [9.17, 15) is 9.59 Å². The van der Waals surface area contributed by atoms with Crippen molar-refractivity contribution in [3.63, 3.8) is 0 Å². The average molecular weight is 696 g/mol. The van der Waals surface area contributed by atoms with Gasteiger partial charge in [-0.2, -0.15) is 0 Å². The molecule has 0 aromatic heterocycles. The van der Waals surface area contributed by atoms with Crippen LogP contribution in [0.1, 0.15) is 47.2 Å². The molecule has 0 aliphatic carbocycles. The minimum absolute atomic E-state index is 0.347. The van der Waals surface area contributed by atoms with E-state index in [4.69, 9.17) is 9.47 Å². The molecule has 1 aliphatic heterocycles. The van der Waals surface area contributed by atoms with Gasteiger partial charge in [-0.3, -0.25) is 0 Å². The Balaban J connectivity index is 1.38. The number of ether oxygens (including phenoxy) is 2. The number of carbonyl (C=O) groups is 2. The van der Waals surface area contributed by atoms with Crippen molar-refractivity contribution in [2.75, 3.05) is 25.2 Å². The number of benzene rings is 6. The van der Waals surface area contributed by atoms with Gasteiger partial charge in [-0.05, 0) is 106 Å². The minimum Gasteiger partial charge on any atom is -0.463 e. The second-order valence-corrected chi connectivity index (χ2v) is 12.9. The molecular weight excluding hydrogens is 655 g/mol. The van der Waals surface area contributed by atoms with Gasteiger partial charge in [-0.15, -0.1) is 0 Å². The smallest absolute Gasteiger partial charge is 0.330 e. The molecule has 5 heteroatoms. The molecule has 1 heterocycles. The maximum Gasteiger partial charge on any atom is 0.330 e. The van der Waals surface area contributed by atoms with Gasteiger partial charge >= 0.3 is 11.9 Å². The Morgan fingerprint density at radius 3 is 1.28 bits per heavy atom. The number of anilines is 2. The molecular formula is C48H41NO4. The van der Waals surface area contributed by atoms with Crippen molar-refractivity contribution >= 4 is 35.5 Å². The van der Waals surface area contributed by atoms with E-state index in [1.54, 1.807) is 26.0 Å². The van der Waals surface area contributed by atoms with E-state index in [1.807, 2.05) is 24.3 Å². The van der Waals surface area contributed by atoms with Gasteiger partial charge in [0, 0.05) is 30.6 Å². The summed E-state index contributed by atoms with van der Waals surface area (Å²) in [5.74, 6) is -0.700. The zero-order chi connectivity index (χ0) is 36.8. The molecule has 6 aromatic carbocycles. The van der Waals surface area contributed by atoms with E-state index >= 15 is 0 Å². The molecule has 1 aliphatic rings. The minimum atomic E-state index is -0.643. The average Bonchev–Trinajstić information content (AvgIpc) is 3.20. The van der Waals surface area contributed by atoms with Gasteiger partial charge in [-0.1, -0.05) is 121 Å². The molecule has 6 aromatic rings. The van der Waals surface area contributed by atoms with Gasteiger partial charge in [0.15, 0.2) is 0 Å². The third-order valence-corrected chi connectivity index (χ3v) is 9.82. The fraction of sp³-hybridized carbons (Fsp3) is 0.125. The van der Waals surface area contributed by atoms with Crippen LogP contribution in [0.4, 0.5) is 11.4 Å². The first-order valence-corrected chi connectivity index (χ1v) is 18.0. The zero-order valence-corrected chi connectivity index (χ0v) is 30.2. The zero-order valence-electron chi connectivity index (χ0n) is 30.2. The molecule has 0 saturated heterocycles. The molecule has 7 rings (SSSR count). The largest absolute Gasteiger partial charge is 0.463 e. The molecule has 0 atom stereocenters. The summed E-state index contributed by atoms with van der Waals surface area (Å²) >= 11 is 0. The molecule has 0 saturated carbocycles. The summed E-state index contributed by atoms with van der Waals surface area (Å²) < 4.78 is 10.1. The number of nitrogens with zero attached hydrogens (tertiary/aromatic N) is 1. The van der Waals surface area contributed by atoms with Crippen molar-refractivity contribution in [1.29, 1.82) is 0 Å². The van der Waals surface area contributed by atoms with E-state index in [0.29, 0.717) is 13.2 Å². The number of rotatable bonds is 10. The Bertz CT molecular complexity index is 2120. The molecule has 0 unspecified atom stereocenters. The molecule has 0 amide bonds. The van der Waals surface area contributed by atoms with Crippen LogP contribution in [-0.4, -0.2) is 32.2 Å². The lowest BCUT2D eigenvalue weighted by Crippen LogP contribution is -2.38. The normalized spacial score (nSPS) is 13.1. The predicted octanol–water partition coefficient (Wildman–Crippen LogP) is 10.6. The van der Waals surface area contributed by atoms with Gasteiger partial charge in [0.05, 0.1) is 18.6 Å². The van der Waals surface area contributed by atoms with E-state index in [0.717, 1.165) is 44.8 Å². The molecule has 0 bridgehead atoms. The van der Waals surface area contributed by atoms with Crippen molar-refractivity contribution in [3.05, 3.63) is 191 Å². The van der Waals surface area contributed by atoms with E-state index in [1.165, 1.54) is 34.4 Å². The van der Waals surface area contributed by atoms with E-state index in [2.05, 4.69) is 133 Å². The van der Waals surface area contributed by atoms with E-state index in [-0.39, 0.29) is 11.9 Å². The molecule has 0 spiro atoms. The number of fused-ring (bicyclic) bond motifs is 2.